The van der Waals surface area contributed by atoms with E-state index in [4.69, 9.17) is 0 Å². The highest BCUT2D eigenvalue weighted by Crippen LogP contribution is 2.24. The first-order chi connectivity index (χ1) is 7.74. The van der Waals surface area contributed by atoms with E-state index in [-0.39, 0.29) is 0 Å². The number of aromatic nitrogens is 2. The Morgan fingerprint density at radius 3 is 3.06 bits per heavy atom. The minimum Gasteiger partial charge on any atom is -0.314 e. The third-order valence-corrected chi connectivity index (χ3v) is 3.67. The van der Waals surface area contributed by atoms with E-state index in [1.807, 2.05) is 6.92 Å². The number of aryl methyl sites for hydroxylation is 2. The molecule has 1 aromatic rings. The fourth-order valence-electron chi connectivity index (χ4n) is 2.82. The van der Waals surface area contributed by atoms with Gasteiger partial charge in [0.05, 0.1) is 5.69 Å². The van der Waals surface area contributed by atoms with Crippen molar-refractivity contribution in [2.45, 2.75) is 32.9 Å². The first kappa shape index (κ1) is 10.2. The van der Waals surface area contributed by atoms with Crippen LogP contribution in [0.1, 0.15) is 22.8 Å². The van der Waals surface area contributed by atoms with Gasteiger partial charge in [0.2, 0.25) is 0 Å². The highest BCUT2D eigenvalue weighted by molar-refractivity contribution is 5.28. The first-order valence-corrected chi connectivity index (χ1v) is 6.02. The van der Waals surface area contributed by atoms with Gasteiger partial charge < -0.3 is 5.32 Å². The minimum atomic E-state index is 0.634. The highest BCUT2D eigenvalue weighted by atomic mass is 15.2. The summed E-state index contributed by atoms with van der Waals surface area (Å²) in [4.78, 5) is 11.6. The summed E-state index contributed by atoms with van der Waals surface area (Å²) in [6.07, 6.45) is 1.08. The summed E-state index contributed by atoms with van der Waals surface area (Å²) in [5.74, 6) is 0.911. The lowest BCUT2D eigenvalue weighted by Crippen LogP contribution is -2.54. The lowest BCUT2D eigenvalue weighted by Gasteiger charge is -2.40. The summed E-state index contributed by atoms with van der Waals surface area (Å²) >= 11 is 0. The number of piperazine rings is 1. The Morgan fingerprint density at radius 2 is 2.19 bits per heavy atom. The van der Waals surface area contributed by atoms with Gasteiger partial charge in [-0.15, -0.1) is 0 Å². The average Bonchev–Trinajstić information content (AvgIpc) is 2.27. The number of hydrogen-bond acceptors (Lipinski definition) is 4. The van der Waals surface area contributed by atoms with Crippen LogP contribution in [0.5, 0.6) is 0 Å². The van der Waals surface area contributed by atoms with Gasteiger partial charge in [-0.25, -0.2) is 9.97 Å². The summed E-state index contributed by atoms with van der Waals surface area (Å²) in [6.45, 7) is 8.49. The Balaban J connectivity index is 1.98. The van der Waals surface area contributed by atoms with Crippen molar-refractivity contribution in [1.82, 2.24) is 20.2 Å². The second-order valence-electron chi connectivity index (χ2n) is 4.81. The predicted octanol–water partition coefficient (Wildman–Crippen LogP) is 0.423. The zero-order valence-corrected chi connectivity index (χ0v) is 9.95. The molecule has 3 rings (SSSR count). The summed E-state index contributed by atoms with van der Waals surface area (Å²) in [7, 11) is 0. The molecule has 0 aromatic carbocycles. The van der Waals surface area contributed by atoms with Crippen LogP contribution < -0.4 is 5.32 Å². The van der Waals surface area contributed by atoms with Gasteiger partial charge in [-0.3, -0.25) is 4.90 Å². The average molecular weight is 218 g/mol. The zero-order valence-electron chi connectivity index (χ0n) is 9.95. The van der Waals surface area contributed by atoms with Crippen LogP contribution in [-0.2, 0) is 13.0 Å². The van der Waals surface area contributed by atoms with E-state index in [2.05, 4.69) is 27.1 Å². The molecule has 1 fully saturated rings. The van der Waals surface area contributed by atoms with Gasteiger partial charge in [0.15, 0.2) is 0 Å². The topological polar surface area (TPSA) is 41.1 Å². The minimum absolute atomic E-state index is 0.634. The molecule has 0 radical (unpaired) electrons. The molecule has 4 heteroatoms. The van der Waals surface area contributed by atoms with E-state index in [1.165, 1.54) is 17.0 Å². The van der Waals surface area contributed by atoms with Crippen molar-refractivity contribution in [2.75, 3.05) is 19.6 Å². The molecule has 0 saturated carbocycles. The van der Waals surface area contributed by atoms with Gasteiger partial charge in [-0.1, -0.05) is 0 Å². The summed E-state index contributed by atoms with van der Waals surface area (Å²) in [6, 6.07) is 0.634. The number of fused-ring (bicyclic) bond motifs is 2. The van der Waals surface area contributed by atoms with Crippen LogP contribution in [0.2, 0.25) is 0 Å². The second-order valence-corrected chi connectivity index (χ2v) is 4.81. The van der Waals surface area contributed by atoms with Crippen molar-refractivity contribution >= 4 is 0 Å². The van der Waals surface area contributed by atoms with Gasteiger partial charge in [-0.05, 0) is 13.8 Å². The van der Waals surface area contributed by atoms with Crippen molar-refractivity contribution in [2.24, 2.45) is 0 Å². The molecule has 16 heavy (non-hydrogen) atoms. The molecule has 1 saturated heterocycles. The van der Waals surface area contributed by atoms with Crippen LogP contribution in [0.25, 0.3) is 0 Å². The van der Waals surface area contributed by atoms with Crippen LogP contribution in [0, 0.1) is 13.8 Å². The van der Waals surface area contributed by atoms with E-state index in [0.29, 0.717) is 6.04 Å². The van der Waals surface area contributed by atoms with Crippen molar-refractivity contribution in [1.29, 1.82) is 0 Å². The maximum absolute atomic E-state index is 4.60. The first-order valence-electron chi connectivity index (χ1n) is 6.02. The second kappa shape index (κ2) is 3.79. The number of hydrogen-bond donors (Lipinski definition) is 1. The third-order valence-electron chi connectivity index (χ3n) is 3.67. The van der Waals surface area contributed by atoms with Gasteiger partial charge in [0.25, 0.3) is 0 Å². The number of rotatable bonds is 0. The SMILES string of the molecule is Cc1nc(C)c2c(n1)CC1CNCCN1C2. The third kappa shape index (κ3) is 1.62. The summed E-state index contributed by atoms with van der Waals surface area (Å²) in [5.41, 5.74) is 3.80. The molecule has 0 aliphatic carbocycles. The van der Waals surface area contributed by atoms with Crippen LogP contribution in [0.15, 0.2) is 0 Å². The Morgan fingerprint density at radius 1 is 1.31 bits per heavy atom. The largest absolute Gasteiger partial charge is 0.314 e. The normalized spacial score (nSPS) is 25.0. The van der Waals surface area contributed by atoms with E-state index in [9.17, 15) is 0 Å². The Hall–Kier alpha value is -1.00. The number of nitrogens with one attached hydrogen (secondary N) is 1. The van der Waals surface area contributed by atoms with Crippen LogP contribution in [0.4, 0.5) is 0 Å². The Bertz CT molecular complexity index is 416. The standard InChI is InChI=1S/C12H18N4/c1-8-11-7-16-4-3-13-6-10(16)5-12(11)15-9(2)14-8/h10,13H,3-7H2,1-2H3. The van der Waals surface area contributed by atoms with Crippen LogP contribution in [0.3, 0.4) is 0 Å². The maximum Gasteiger partial charge on any atom is 0.125 e. The lowest BCUT2D eigenvalue weighted by molar-refractivity contribution is 0.137. The van der Waals surface area contributed by atoms with E-state index < -0.39 is 0 Å². The molecule has 1 atom stereocenters. The van der Waals surface area contributed by atoms with Crippen LogP contribution in [-0.4, -0.2) is 40.5 Å². The predicted molar refractivity (Wildman–Crippen MR) is 62.3 cm³/mol. The quantitative estimate of drug-likeness (QED) is 0.685. The molecule has 0 spiro atoms. The van der Waals surface area contributed by atoms with Crippen LogP contribution >= 0.6 is 0 Å². The van der Waals surface area contributed by atoms with Gasteiger partial charge >= 0.3 is 0 Å². The van der Waals surface area contributed by atoms with Gasteiger partial charge in [-0.2, -0.15) is 0 Å². The molecule has 86 valence electrons. The van der Waals surface area contributed by atoms with E-state index in [1.54, 1.807) is 0 Å². The molecule has 1 N–H and O–H groups in total. The van der Waals surface area contributed by atoms with Crippen molar-refractivity contribution in [3.8, 4) is 0 Å². The monoisotopic (exact) mass is 218 g/mol. The molecule has 1 aromatic heterocycles. The van der Waals surface area contributed by atoms with E-state index >= 15 is 0 Å². The molecule has 0 bridgehead atoms. The molecule has 1 unspecified atom stereocenters. The Labute approximate surface area is 96.1 Å². The maximum atomic E-state index is 4.60. The zero-order chi connectivity index (χ0) is 11.1. The van der Waals surface area contributed by atoms with E-state index in [0.717, 1.165) is 38.4 Å². The van der Waals surface area contributed by atoms with Gasteiger partial charge in [0.1, 0.15) is 5.82 Å². The van der Waals surface area contributed by atoms with Crippen molar-refractivity contribution in [3.05, 3.63) is 22.8 Å². The van der Waals surface area contributed by atoms with Crippen molar-refractivity contribution in [3.63, 3.8) is 0 Å². The number of nitrogens with zero attached hydrogens (tertiary/aromatic N) is 3. The summed E-state index contributed by atoms with van der Waals surface area (Å²) < 4.78 is 0. The molecular weight excluding hydrogens is 200 g/mol. The molecule has 2 aliphatic rings. The van der Waals surface area contributed by atoms with Gasteiger partial charge in [0, 0.05) is 49.9 Å². The molecule has 3 heterocycles. The molecule has 4 nitrogen and oxygen atoms in total. The fourth-order valence-corrected chi connectivity index (χ4v) is 2.82. The Kier molecular flexibility index (Phi) is 2.41. The molecule has 2 aliphatic heterocycles. The summed E-state index contributed by atoms with van der Waals surface area (Å²) in [5, 5.41) is 3.46. The smallest absolute Gasteiger partial charge is 0.125 e. The highest BCUT2D eigenvalue weighted by Gasteiger charge is 2.30. The van der Waals surface area contributed by atoms with Crippen molar-refractivity contribution < 1.29 is 0 Å². The lowest BCUT2D eigenvalue weighted by atomic mass is 9.96. The molecular formula is C12H18N4. The fraction of sp³-hybridized carbons (Fsp3) is 0.667. The molecule has 0 amide bonds.